The third-order valence-electron chi connectivity index (χ3n) is 7.21. The Bertz CT molecular complexity index is 753. The van der Waals surface area contributed by atoms with Gasteiger partial charge in [0.1, 0.15) is 5.75 Å². The minimum absolute atomic E-state index is 0.179. The molecule has 3 fully saturated rings. The predicted molar refractivity (Wildman–Crippen MR) is 110 cm³/mol. The van der Waals surface area contributed by atoms with Crippen molar-refractivity contribution in [1.29, 1.82) is 0 Å². The van der Waals surface area contributed by atoms with Crippen LogP contribution in [0.3, 0.4) is 0 Å². The normalized spacial score (nSPS) is 29.4. The molecule has 172 valence electrons. The minimum atomic E-state index is -4.69. The number of likely N-dealkylation sites (tertiary alicyclic amines) is 1. The zero-order chi connectivity index (χ0) is 22.0. The smallest absolute Gasteiger partial charge is 0.481 e. The molecule has 4 atom stereocenters. The first-order chi connectivity index (χ1) is 14.8. The highest BCUT2D eigenvalue weighted by molar-refractivity contribution is 5.66. The number of carbonyl (C=O) groups is 1. The summed E-state index contributed by atoms with van der Waals surface area (Å²) in [5.41, 5.74) is 0.958. The molecule has 0 saturated carbocycles. The van der Waals surface area contributed by atoms with Crippen LogP contribution in [0.5, 0.6) is 5.75 Å². The molecule has 1 aromatic rings. The van der Waals surface area contributed by atoms with Crippen LogP contribution in [0.1, 0.15) is 50.5 Å². The van der Waals surface area contributed by atoms with Gasteiger partial charge in [-0.3, -0.25) is 14.6 Å². The summed E-state index contributed by atoms with van der Waals surface area (Å²) in [6, 6.07) is 7.06. The molecule has 0 radical (unpaired) electrons. The summed E-state index contributed by atoms with van der Waals surface area (Å²) < 4.78 is 41.3. The van der Waals surface area contributed by atoms with Crippen LogP contribution in [0.2, 0.25) is 0 Å². The Kier molecular flexibility index (Phi) is 6.77. The largest absolute Gasteiger partial charge is 0.573 e. The lowest BCUT2D eigenvalue weighted by Crippen LogP contribution is -2.64. The molecule has 1 N–H and O–H groups in total. The van der Waals surface area contributed by atoms with Gasteiger partial charge in [0.05, 0.1) is 0 Å². The quantitative estimate of drug-likeness (QED) is 0.676. The number of hydrogen-bond acceptors (Lipinski definition) is 4. The SMILES string of the molecule is O=C(O)CCC[C@@H]1[C@H]2CCCN3CCC[C@H](CN1Cc1ccc(OC(F)(F)F)cc1)[C@@H]23. The second-order valence-corrected chi connectivity index (χ2v) is 9.21. The third kappa shape index (κ3) is 5.52. The lowest BCUT2D eigenvalue weighted by molar-refractivity contribution is -0.274. The van der Waals surface area contributed by atoms with Crippen molar-refractivity contribution in [2.75, 3.05) is 19.6 Å². The Morgan fingerprint density at radius 1 is 1.13 bits per heavy atom. The first-order valence-electron chi connectivity index (χ1n) is 11.3. The fraction of sp³-hybridized carbons (Fsp3) is 0.696. The number of benzene rings is 1. The molecular formula is C23H31F3N2O3. The summed E-state index contributed by atoms with van der Waals surface area (Å²) in [5.74, 6) is 0.184. The molecule has 0 aliphatic carbocycles. The van der Waals surface area contributed by atoms with Crippen LogP contribution >= 0.6 is 0 Å². The number of piperidine rings is 3. The first kappa shape index (κ1) is 22.4. The van der Waals surface area contributed by atoms with Gasteiger partial charge in [-0.25, -0.2) is 0 Å². The second-order valence-electron chi connectivity index (χ2n) is 9.21. The molecule has 0 amide bonds. The molecule has 1 aromatic carbocycles. The lowest BCUT2D eigenvalue weighted by atomic mass is 9.69. The fourth-order valence-corrected chi connectivity index (χ4v) is 6.16. The van der Waals surface area contributed by atoms with Crippen LogP contribution in [0.15, 0.2) is 24.3 Å². The van der Waals surface area contributed by atoms with E-state index in [1.165, 1.54) is 50.9 Å². The van der Waals surface area contributed by atoms with Gasteiger partial charge in [0.15, 0.2) is 0 Å². The molecule has 3 saturated heterocycles. The van der Waals surface area contributed by atoms with Gasteiger partial charge in [-0.2, -0.15) is 0 Å². The van der Waals surface area contributed by atoms with Crippen LogP contribution in [-0.4, -0.2) is 59.0 Å². The number of rotatable bonds is 7. The summed E-state index contributed by atoms with van der Waals surface area (Å²) in [5, 5.41) is 9.10. The van der Waals surface area contributed by atoms with Crippen LogP contribution in [0.25, 0.3) is 0 Å². The van der Waals surface area contributed by atoms with E-state index in [-0.39, 0.29) is 12.2 Å². The van der Waals surface area contributed by atoms with E-state index >= 15 is 0 Å². The van der Waals surface area contributed by atoms with Crippen LogP contribution in [-0.2, 0) is 11.3 Å². The van der Waals surface area contributed by atoms with Gasteiger partial charge in [-0.05, 0) is 81.1 Å². The Hall–Kier alpha value is -1.80. The van der Waals surface area contributed by atoms with E-state index in [1.807, 2.05) is 0 Å². The van der Waals surface area contributed by atoms with Crippen molar-refractivity contribution in [2.24, 2.45) is 11.8 Å². The van der Waals surface area contributed by atoms with Crippen molar-refractivity contribution in [3.63, 3.8) is 0 Å². The predicted octanol–water partition coefficient (Wildman–Crippen LogP) is 4.51. The number of carboxylic acid groups (broad SMARTS) is 1. The Morgan fingerprint density at radius 2 is 1.84 bits per heavy atom. The molecule has 0 aromatic heterocycles. The average Bonchev–Trinajstić information content (AvgIpc) is 2.70. The molecule has 0 unspecified atom stereocenters. The number of alkyl halides is 3. The number of carboxylic acids is 1. The van der Waals surface area contributed by atoms with E-state index in [0.717, 1.165) is 18.5 Å². The summed E-state index contributed by atoms with van der Waals surface area (Å²) in [4.78, 5) is 16.2. The van der Waals surface area contributed by atoms with Crippen LogP contribution < -0.4 is 4.74 Å². The maximum absolute atomic E-state index is 12.4. The van der Waals surface area contributed by atoms with E-state index in [9.17, 15) is 18.0 Å². The number of aliphatic carboxylic acids is 1. The van der Waals surface area contributed by atoms with Crippen molar-refractivity contribution in [3.8, 4) is 5.75 Å². The number of ether oxygens (including phenoxy) is 1. The fourth-order valence-electron chi connectivity index (χ4n) is 6.16. The van der Waals surface area contributed by atoms with Crippen molar-refractivity contribution >= 4 is 5.97 Å². The van der Waals surface area contributed by atoms with Gasteiger partial charge >= 0.3 is 12.3 Å². The highest BCUT2D eigenvalue weighted by atomic mass is 19.4. The summed E-state index contributed by atoms with van der Waals surface area (Å²) in [6.45, 7) is 3.97. The molecule has 3 aliphatic heterocycles. The minimum Gasteiger partial charge on any atom is -0.481 e. The third-order valence-corrected chi connectivity index (χ3v) is 7.21. The van der Waals surface area contributed by atoms with E-state index in [4.69, 9.17) is 5.11 Å². The molecule has 0 spiro atoms. The molecule has 0 bridgehead atoms. The topological polar surface area (TPSA) is 53.0 Å². The van der Waals surface area contributed by atoms with Crippen molar-refractivity contribution in [2.45, 2.75) is 69.9 Å². The van der Waals surface area contributed by atoms with Crippen molar-refractivity contribution in [3.05, 3.63) is 29.8 Å². The van der Waals surface area contributed by atoms with E-state index in [2.05, 4.69) is 14.5 Å². The Labute approximate surface area is 181 Å². The average molecular weight is 441 g/mol. The van der Waals surface area contributed by atoms with E-state index < -0.39 is 12.3 Å². The van der Waals surface area contributed by atoms with Gasteiger partial charge in [-0.1, -0.05) is 12.1 Å². The number of halogens is 3. The number of nitrogens with zero attached hydrogens (tertiary/aromatic N) is 2. The summed E-state index contributed by atoms with van der Waals surface area (Å²) in [7, 11) is 0. The second kappa shape index (κ2) is 9.36. The zero-order valence-electron chi connectivity index (χ0n) is 17.7. The van der Waals surface area contributed by atoms with E-state index in [1.54, 1.807) is 12.1 Å². The molecule has 31 heavy (non-hydrogen) atoms. The van der Waals surface area contributed by atoms with Gasteiger partial charge in [0, 0.05) is 31.6 Å². The van der Waals surface area contributed by atoms with Gasteiger partial charge in [0.25, 0.3) is 0 Å². The van der Waals surface area contributed by atoms with Crippen LogP contribution in [0, 0.1) is 11.8 Å². The van der Waals surface area contributed by atoms with Crippen molar-refractivity contribution < 1.29 is 27.8 Å². The molecule has 4 rings (SSSR count). The summed E-state index contributed by atoms with van der Waals surface area (Å²) >= 11 is 0. The number of hydrogen-bond donors (Lipinski definition) is 1. The van der Waals surface area contributed by atoms with Gasteiger partial charge in [0.2, 0.25) is 0 Å². The maximum atomic E-state index is 12.4. The zero-order valence-corrected chi connectivity index (χ0v) is 17.7. The van der Waals surface area contributed by atoms with E-state index in [0.29, 0.717) is 36.9 Å². The molecule has 3 aliphatic rings. The van der Waals surface area contributed by atoms with Crippen LogP contribution in [0.4, 0.5) is 13.2 Å². The Morgan fingerprint density at radius 3 is 2.52 bits per heavy atom. The molecular weight excluding hydrogens is 409 g/mol. The monoisotopic (exact) mass is 440 g/mol. The first-order valence-corrected chi connectivity index (χ1v) is 11.3. The lowest BCUT2D eigenvalue weighted by Gasteiger charge is -2.57. The summed E-state index contributed by atoms with van der Waals surface area (Å²) in [6.07, 6.45) is 1.78. The molecule has 5 nitrogen and oxygen atoms in total. The Balaban J connectivity index is 1.50. The van der Waals surface area contributed by atoms with Gasteiger partial charge in [-0.15, -0.1) is 13.2 Å². The maximum Gasteiger partial charge on any atom is 0.573 e. The highest BCUT2D eigenvalue weighted by Crippen LogP contribution is 2.43. The molecule has 8 heteroatoms. The molecule has 3 heterocycles. The van der Waals surface area contributed by atoms with Gasteiger partial charge < -0.3 is 9.84 Å². The highest BCUT2D eigenvalue weighted by Gasteiger charge is 2.48. The van der Waals surface area contributed by atoms with Crippen molar-refractivity contribution in [1.82, 2.24) is 9.80 Å². The standard InChI is InChI=1S/C23H31F3N2O3/c24-23(25,26)31-18-10-8-16(9-11-18)14-28-15-17-4-2-12-27-13-3-5-19(22(17)27)20(28)6-1-7-21(29)30/h8-11,17,19-20,22H,1-7,12-15H2,(H,29,30)/t17-,19-,20-,22+/m1/s1.